The van der Waals surface area contributed by atoms with Crippen molar-refractivity contribution in [3.05, 3.63) is 27.6 Å². The minimum atomic E-state index is -0.299. The Labute approximate surface area is 121 Å². The maximum atomic E-state index is 12.9. The van der Waals surface area contributed by atoms with Crippen LogP contribution in [0.3, 0.4) is 0 Å². The highest BCUT2D eigenvalue weighted by Gasteiger charge is 2.10. The molecular formula is C13H18FIN2O. The van der Waals surface area contributed by atoms with Crippen LogP contribution in [0.15, 0.2) is 18.2 Å². The summed E-state index contributed by atoms with van der Waals surface area (Å²) in [4.78, 5) is 11.7. The van der Waals surface area contributed by atoms with Gasteiger partial charge in [-0.3, -0.25) is 4.79 Å². The molecule has 0 heterocycles. The quantitative estimate of drug-likeness (QED) is 0.806. The van der Waals surface area contributed by atoms with E-state index in [0.29, 0.717) is 22.2 Å². The number of amides is 1. The highest BCUT2D eigenvalue weighted by atomic mass is 127. The third kappa shape index (κ3) is 5.77. The predicted octanol–water partition coefficient (Wildman–Crippen LogP) is 3.15. The predicted molar refractivity (Wildman–Crippen MR) is 80.1 cm³/mol. The fourth-order valence-electron chi connectivity index (χ4n) is 1.35. The van der Waals surface area contributed by atoms with Crippen LogP contribution in [0.5, 0.6) is 0 Å². The lowest BCUT2D eigenvalue weighted by atomic mass is 10.1. The number of nitrogens with one attached hydrogen (secondary N) is 2. The molecule has 0 bridgehead atoms. The number of hydrogen-bond acceptors (Lipinski definition) is 2. The molecule has 18 heavy (non-hydrogen) atoms. The van der Waals surface area contributed by atoms with E-state index in [1.54, 1.807) is 6.07 Å². The van der Waals surface area contributed by atoms with Crippen molar-refractivity contribution in [3.8, 4) is 0 Å². The molecule has 0 atom stereocenters. The molecule has 0 unspecified atom stereocenters. The number of benzene rings is 1. The molecule has 100 valence electrons. The number of rotatable bonds is 4. The molecule has 0 aliphatic carbocycles. The van der Waals surface area contributed by atoms with Gasteiger partial charge in [-0.05, 0) is 61.6 Å². The fraction of sp³-hybridized carbons (Fsp3) is 0.462. The SMILES string of the molecule is CC(C)(C)NCCC(=O)Nc1ccc(F)cc1I. The maximum absolute atomic E-state index is 12.9. The van der Waals surface area contributed by atoms with E-state index >= 15 is 0 Å². The number of halogens is 2. The molecule has 0 aromatic heterocycles. The van der Waals surface area contributed by atoms with Gasteiger partial charge in [-0.15, -0.1) is 0 Å². The van der Waals surface area contributed by atoms with Crippen molar-refractivity contribution in [2.24, 2.45) is 0 Å². The van der Waals surface area contributed by atoms with Crippen LogP contribution >= 0.6 is 22.6 Å². The van der Waals surface area contributed by atoms with Crippen LogP contribution in [-0.4, -0.2) is 18.0 Å². The second-order valence-corrected chi connectivity index (χ2v) is 6.26. The van der Waals surface area contributed by atoms with Gasteiger partial charge in [0.15, 0.2) is 0 Å². The lowest BCUT2D eigenvalue weighted by Crippen LogP contribution is -2.37. The first kappa shape index (κ1) is 15.4. The monoisotopic (exact) mass is 364 g/mol. The summed E-state index contributed by atoms with van der Waals surface area (Å²) in [5, 5.41) is 6.01. The number of hydrogen-bond donors (Lipinski definition) is 2. The zero-order valence-corrected chi connectivity index (χ0v) is 13.0. The van der Waals surface area contributed by atoms with E-state index in [1.807, 2.05) is 43.4 Å². The molecule has 3 nitrogen and oxygen atoms in total. The van der Waals surface area contributed by atoms with E-state index in [0.717, 1.165) is 0 Å². The molecule has 0 saturated carbocycles. The van der Waals surface area contributed by atoms with Crippen LogP contribution in [0.4, 0.5) is 10.1 Å². The number of carbonyl (C=O) groups excluding carboxylic acids is 1. The molecule has 0 saturated heterocycles. The van der Waals surface area contributed by atoms with E-state index in [1.165, 1.54) is 12.1 Å². The zero-order chi connectivity index (χ0) is 13.8. The summed E-state index contributed by atoms with van der Waals surface area (Å²) in [5.74, 6) is -0.372. The van der Waals surface area contributed by atoms with Crippen LogP contribution in [0, 0.1) is 9.39 Å². The highest BCUT2D eigenvalue weighted by Crippen LogP contribution is 2.19. The molecule has 1 amide bonds. The minimum absolute atomic E-state index is 0.00454. The van der Waals surface area contributed by atoms with E-state index in [2.05, 4.69) is 10.6 Å². The number of carbonyl (C=O) groups is 1. The average Bonchev–Trinajstić information content (AvgIpc) is 2.20. The molecule has 0 aliphatic rings. The Morgan fingerprint density at radius 2 is 2.06 bits per heavy atom. The number of anilines is 1. The van der Waals surface area contributed by atoms with Gasteiger partial charge in [0, 0.05) is 22.1 Å². The molecule has 2 N–H and O–H groups in total. The van der Waals surface area contributed by atoms with Gasteiger partial charge in [-0.1, -0.05) is 0 Å². The Morgan fingerprint density at radius 1 is 1.39 bits per heavy atom. The van der Waals surface area contributed by atoms with E-state index in [-0.39, 0.29) is 17.3 Å². The highest BCUT2D eigenvalue weighted by molar-refractivity contribution is 14.1. The van der Waals surface area contributed by atoms with Crippen molar-refractivity contribution in [2.45, 2.75) is 32.7 Å². The van der Waals surface area contributed by atoms with Crippen molar-refractivity contribution >= 4 is 34.2 Å². The first-order valence-corrected chi connectivity index (χ1v) is 6.86. The van der Waals surface area contributed by atoms with E-state index < -0.39 is 0 Å². The van der Waals surface area contributed by atoms with Crippen LogP contribution < -0.4 is 10.6 Å². The van der Waals surface area contributed by atoms with Gasteiger partial charge in [-0.2, -0.15) is 0 Å². The van der Waals surface area contributed by atoms with Crippen molar-refractivity contribution in [1.29, 1.82) is 0 Å². The summed E-state index contributed by atoms with van der Waals surface area (Å²) in [6, 6.07) is 4.31. The largest absolute Gasteiger partial charge is 0.325 e. The second kappa shape index (κ2) is 6.47. The summed E-state index contributed by atoms with van der Waals surface area (Å²) in [7, 11) is 0. The van der Waals surface area contributed by atoms with Gasteiger partial charge in [0.1, 0.15) is 5.82 Å². The normalized spacial score (nSPS) is 11.4. The van der Waals surface area contributed by atoms with Gasteiger partial charge in [-0.25, -0.2) is 4.39 Å². The molecule has 1 rings (SSSR count). The molecule has 0 fully saturated rings. The van der Waals surface area contributed by atoms with Crippen LogP contribution in [0.1, 0.15) is 27.2 Å². The molecule has 1 aromatic carbocycles. The Kier molecular flexibility index (Phi) is 5.52. The second-order valence-electron chi connectivity index (χ2n) is 5.10. The molecule has 0 spiro atoms. The lowest BCUT2D eigenvalue weighted by Gasteiger charge is -2.20. The van der Waals surface area contributed by atoms with Gasteiger partial charge in [0.25, 0.3) is 0 Å². The van der Waals surface area contributed by atoms with Gasteiger partial charge >= 0.3 is 0 Å². The Morgan fingerprint density at radius 3 is 2.61 bits per heavy atom. The summed E-state index contributed by atoms with van der Waals surface area (Å²) < 4.78 is 13.6. The topological polar surface area (TPSA) is 41.1 Å². The average molecular weight is 364 g/mol. The van der Waals surface area contributed by atoms with Crippen molar-refractivity contribution in [3.63, 3.8) is 0 Å². The maximum Gasteiger partial charge on any atom is 0.225 e. The van der Waals surface area contributed by atoms with Crippen molar-refractivity contribution in [1.82, 2.24) is 5.32 Å². The molecule has 0 aliphatic heterocycles. The van der Waals surface area contributed by atoms with Crippen LogP contribution in [0.2, 0.25) is 0 Å². The molecule has 1 aromatic rings. The van der Waals surface area contributed by atoms with Crippen molar-refractivity contribution in [2.75, 3.05) is 11.9 Å². The fourth-order valence-corrected chi connectivity index (χ4v) is 1.97. The van der Waals surface area contributed by atoms with E-state index in [9.17, 15) is 9.18 Å². The third-order valence-corrected chi connectivity index (χ3v) is 3.11. The van der Waals surface area contributed by atoms with Gasteiger partial charge < -0.3 is 10.6 Å². The Balaban J connectivity index is 2.45. The summed E-state index contributed by atoms with van der Waals surface area (Å²) >= 11 is 2.00. The minimum Gasteiger partial charge on any atom is -0.325 e. The summed E-state index contributed by atoms with van der Waals surface area (Å²) in [6.07, 6.45) is 0.394. The standard InChI is InChI=1S/C13H18FIN2O/c1-13(2,3)16-7-6-12(18)17-11-5-4-9(14)8-10(11)15/h4-5,8,16H,6-7H2,1-3H3,(H,17,18). The third-order valence-electron chi connectivity index (χ3n) is 2.21. The first-order valence-electron chi connectivity index (χ1n) is 5.78. The molecular weight excluding hydrogens is 346 g/mol. The van der Waals surface area contributed by atoms with Gasteiger partial charge in [0.2, 0.25) is 5.91 Å². The van der Waals surface area contributed by atoms with Crippen LogP contribution in [-0.2, 0) is 4.79 Å². The Hall–Kier alpha value is -0.690. The molecule has 0 radical (unpaired) electrons. The smallest absolute Gasteiger partial charge is 0.225 e. The lowest BCUT2D eigenvalue weighted by molar-refractivity contribution is -0.116. The summed E-state index contributed by atoms with van der Waals surface area (Å²) in [5.41, 5.74) is 0.655. The first-order chi connectivity index (χ1) is 8.28. The Bertz CT molecular complexity index is 429. The van der Waals surface area contributed by atoms with Crippen LogP contribution in [0.25, 0.3) is 0 Å². The summed E-state index contributed by atoms with van der Waals surface area (Å²) in [6.45, 7) is 6.77. The van der Waals surface area contributed by atoms with E-state index in [4.69, 9.17) is 0 Å². The zero-order valence-electron chi connectivity index (χ0n) is 10.8. The molecule has 5 heteroatoms. The van der Waals surface area contributed by atoms with Gasteiger partial charge in [0.05, 0.1) is 5.69 Å². The van der Waals surface area contributed by atoms with Crippen molar-refractivity contribution < 1.29 is 9.18 Å².